The smallest absolute Gasteiger partial charge is 0.120 e. The first kappa shape index (κ1) is 17.6. The quantitative estimate of drug-likeness (QED) is 0.738. The Morgan fingerprint density at radius 3 is 2.04 bits per heavy atom. The number of aromatic hydroxyl groups is 1. The van der Waals surface area contributed by atoms with Crippen LogP contribution in [0.2, 0.25) is 0 Å². The molecule has 1 heterocycles. The molecule has 3 aromatic rings. The molecule has 1 atom stereocenters. The van der Waals surface area contributed by atoms with E-state index in [1.54, 1.807) is 6.07 Å². The molecule has 0 bridgehead atoms. The molecule has 0 saturated carbocycles. The number of anilines is 1. The number of para-hydroxylation sites is 2. The topological polar surface area (TPSA) is 26.7 Å². The molecule has 3 heteroatoms. The van der Waals surface area contributed by atoms with Gasteiger partial charge in [-0.2, -0.15) is 0 Å². The number of nitrogens with zero attached hydrogens (tertiary/aromatic N) is 2. The molecule has 0 amide bonds. The van der Waals surface area contributed by atoms with Crippen LogP contribution in [0, 0.1) is 6.92 Å². The summed E-state index contributed by atoms with van der Waals surface area (Å²) >= 11 is 0. The summed E-state index contributed by atoms with van der Waals surface area (Å²) in [5.74, 6) is 0.369. The maximum absolute atomic E-state index is 10.5. The van der Waals surface area contributed by atoms with Gasteiger partial charge in [-0.1, -0.05) is 66.2 Å². The normalized spacial score (nSPS) is 16.3. The Kier molecular flexibility index (Phi) is 5.12. The average molecular weight is 358 g/mol. The Hall–Kier alpha value is -2.78. The predicted octanol–water partition coefficient (Wildman–Crippen LogP) is 4.61. The van der Waals surface area contributed by atoms with Crippen molar-refractivity contribution in [2.75, 3.05) is 31.1 Å². The summed E-state index contributed by atoms with van der Waals surface area (Å²) in [6.45, 7) is 6.00. The van der Waals surface area contributed by atoms with Crippen molar-refractivity contribution in [1.29, 1.82) is 0 Å². The molecule has 27 heavy (non-hydrogen) atoms. The van der Waals surface area contributed by atoms with Crippen LogP contribution in [-0.2, 0) is 0 Å². The van der Waals surface area contributed by atoms with Crippen LogP contribution in [0.1, 0.15) is 22.7 Å². The van der Waals surface area contributed by atoms with Gasteiger partial charge in [-0.25, -0.2) is 0 Å². The van der Waals surface area contributed by atoms with Gasteiger partial charge in [0.15, 0.2) is 0 Å². The van der Waals surface area contributed by atoms with Crippen molar-refractivity contribution >= 4 is 5.69 Å². The highest BCUT2D eigenvalue weighted by Crippen LogP contribution is 2.35. The number of piperazine rings is 1. The summed E-state index contributed by atoms with van der Waals surface area (Å²) in [5.41, 5.74) is 4.75. The molecular weight excluding hydrogens is 332 g/mol. The number of hydrogen-bond donors (Lipinski definition) is 1. The fourth-order valence-electron chi connectivity index (χ4n) is 3.93. The van der Waals surface area contributed by atoms with Crippen LogP contribution in [0.5, 0.6) is 5.75 Å². The van der Waals surface area contributed by atoms with Gasteiger partial charge in [0, 0.05) is 37.4 Å². The predicted molar refractivity (Wildman–Crippen MR) is 111 cm³/mol. The van der Waals surface area contributed by atoms with Crippen molar-refractivity contribution in [3.63, 3.8) is 0 Å². The summed E-state index contributed by atoms with van der Waals surface area (Å²) < 4.78 is 0. The first-order chi connectivity index (χ1) is 13.2. The molecular formula is C24H26N2O. The molecule has 3 aromatic carbocycles. The summed E-state index contributed by atoms with van der Waals surface area (Å²) in [6, 6.07) is 27.1. The van der Waals surface area contributed by atoms with Gasteiger partial charge >= 0.3 is 0 Å². The van der Waals surface area contributed by atoms with Gasteiger partial charge in [0.1, 0.15) is 5.75 Å². The second-order valence-corrected chi connectivity index (χ2v) is 7.23. The number of hydrogen-bond acceptors (Lipinski definition) is 3. The van der Waals surface area contributed by atoms with E-state index in [0.29, 0.717) is 5.75 Å². The number of phenols is 1. The number of benzene rings is 3. The van der Waals surface area contributed by atoms with Crippen LogP contribution in [0.25, 0.3) is 0 Å². The van der Waals surface area contributed by atoms with Crippen molar-refractivity contribution in [2.24, 2.45) is 0 Å². The van der Waals surface area contributed by atoms with Crippen LogP contribution < -0.4 is 4.90 Å². The molecule has 0 aliphatic carbocycles. The van der Waals surface area contributed by atoms with E-state index < -0.39 is 0 Å². The van der Waals surface area contributed by atoms with Gasteiger partial charge in [-0.15, -0.1) is 0 Å². The van der Waals surface area contributed by atoms with Crippen molar-refractivity contribution in [1.82, 2.24) is 4.90 Å². The van der Waals surface area contributed by atoms with E-state index in [9.17, 15) is 5.11 Å². The first-order valence-corrected chi connectivity index (χ1v) is 9.61. The molecule has 1 saturated heterocycles. The van der Waals surface area contributed by atoms with E-state index in [2.05, 4.69) is 71.3 Å². The second kappa shape index (κ2) is 7.85. The highest BCUT2D eigenvalue weighted by atomic mass is 16.3. The molecule has 0 radical (unpaired) electrons. The van der Waals surface area contributed by atoms with Gasteiger partial charge in [0.05, 0.1) is 6.04 Å². The lowest BCUT2D eigenvalue weighted by atomic mass is 9.95. The average Bonchev–Trinajstić information content (AvgIpc) is 2.72. The van der Waals surface area contributed by atoms with E-state index in [4.69, 9.17) is 0 Å². The molecule has 0 spiro atoms. The molecule has 1 N–H and O–H groups in total. The van der Waals surface area contributed by atoms with Gasteiger partial charge < -0.3 is 10.0 Å². The van der Waals surface area contributed by atoms with E-state index in [1.807, 2.05) is 18.2 Å². The maximum Gasteiger partial charge on any atom is 0.120 e. The van der Waals surface area contributed by atoms with Crippen molar-refractivity contribution in [3.8, 4) is 5.75 Å². The molecule has 0 aromatic heterocycles. The van der Waals surface area contributed by atoms with Crippen LogP contribution >= 0.6 is 0 Å². The lowest BCUT2D eigenvalue weighted by Crippen LogP contribution is -2.48. The zero-order valence-corrected chi connectivity index (χ0v) is 15.8. The Balaban J connectivity index is 1.60. The van der Waals surface area contributed by atoms with Gasteiger partial charge in [-0.05, 0) is 30.7 Å². The molecule has 4 rings (SSSR count). The monoisotopic (exact) mass is 358 g/mol. The lowest BCUT2D eigenvalue weighted by Gasteiger charge is -2.40. The molecule has 3 nitrogen and oxygen atoms in total. The Bertz CT molecular complexity index is 868. The van der Waals surface area contributed by atoms with E-state index in [-0.39, 0.29) is 6.04 Å². The minimum atomic E-state index is 0.0738. The zero-order chi connectivity index (χ0) is 18.6. The highest BCUT2D eigenvalue weighted by Gasteiger charge is 2.28. The van der Waals surface area contributed by atoms with Gasteiger partial charge in [0.2, 0.25) is 0 Å². The summed E-state index contributed by atoms with van der Waals surface area (Å²) in [6.07, 6.45) is 0. The molecule has 138 valence electrons. The SMILES string of the molecule is Cc1ccc([C@H](c2ccccc2O)N2CCN(c3ccccc3)CC2)cc1. The van der Waals surface area contributed by atoms with Crippen LogP contribution in [0.3, 0.4) is 0 Å². The molecule has 1 fully saturated rings. The molecule has 1 aliphatic rings. The molecule has 0 unspecified atom stereocenters. The summed E-state index contributed by atoms with van der Waals surface area (Å²) in [7, 11) is 0. The Labute approximate surface area is 161 Å². The summed E-state index contributed by atoms with van der Waals surface area (Å²) in [4.78, 5) is 4.92. The Morgan fingerprint density at radius 1 is 0.741 bits per heavy atom. The lowest BCUT2D eigenvalue weighted by molar-refractivity contribution is 0.209. The molecule has 1 aliphatic heterocycles. The third-order valence-corrected chi connectivity index (χ3v) is 5.43. The van der Waals surface area contributed by atoms with Crippen molar-refractivity contribution < 1.29 is 5.11 Å². The number of aryl methyl sites for hydroxylation is 1. The highest BCUT2D eigenvalue weighted by molar-refractivity contribution is 5.47. The van der Waals surface area contributed by atoms with Crippen molar-refractivity contribution in [2.45, 2.75) is 13.0 Å². The maximum atomic E-state index is 10.5. The zero-order valence-electron chi connectivity index (χ0n) is 15.8. The third kappa shape index (κ3) is 3.83. The largest absolute Gasteiger partial charge is 0.508 e. The number of phenolic OH excluding ortho intramolecular Hbond substituents is 1. The van der Waals surface area contributed by atoms with E-state index >= 15 is 0 Å². The minimum Gasteiger partial charge on any atom is -0.508 e. The Morgan fingerprint density at radius 2 is 1.37 bits per heavy atom. The van der Waals surface area contributed by atoms with Gasteiger partial charge in [0.25, 0.3) is 0 Å². The third-order valence-electron chi connectivity index (χ3n) is 5.43. The van der Waals surface area contributed by atoms with Crippen LogP contribution in [0.4, 0.5) is 5.69 Å². The van der Waals surface area contributed by atoms with E-state index in [0.717, 1.165) is 31.7 Å². The summed E-state index contributed by atoms with van der Waals surface area (Å²) in [5, 5.41) is 10.5. The minimum absolute atomic E-state index is 0.0738. The van der Waals surface area contributed by atoms with Crippen LogP contribution in [-0.4, -0.2) is 36.2 Å². The fourth-order valence-corrected chi connectivity index (χ4v) is 3.93. The first-order valence-electron chi connectivity index (χ1n) is 9.61. The van der Waals surface area contributed by atoms with Crippen molar-refractivity contribution in [3.05, 3.63) is 95.6 Å². The van der Waals surface area contributed by atoms with Gasteiger partial charge in [-0.3, -0.25) is 4.90 Å². The number of rotatable bonds is 4. The second-order valence-electron chi connectivity index (χ2n) is 7.23. The van der Waals surface area contributed by atoms with Crippen LogP contribution in [0.15, 0.2) is 78.9 Å². The van der Waals surface area contributed by atoms with E-state index in [1.165, 1.54) is 16.8 Å². The standard InChI is InChI=1S/C24H26N2O/c1-19-11-13-20(14-12-19)24(22-9-5-6-10-23(22)27)26-17-15-25(16-18-26)21-7-3-2-4-8-21/h2-14,24,27H,15-18H2,1H3/t24-/m1/s1. The fraction of sp³-hybridized carbons (Fsp3) is 0.250.